The number of rotatable bonds is 11. The summed E-state index contributed by atoms with van der Waals surface area (Å²) in [4.78, 5) is 48.1. The summed E-state index contributed by atoms with van der Waals surface area (Å²) in [6, 6.07) is 3.61. The highest BCUT2D eigenvalue weighted by Gasteiger charge is 2.31. The van der Waals surface area contributed by atoms with Crippen LogP contribution in [-0.2, 0) is 25.6 Å². The number of aliphatic hydroxyl groups excluding tert-OH is 2. The second kappa shape index (κ2) is 11.9. The van der Waals surface area contributed by atoms with Gasteiger partial charge in [-0.3, -0.25) is 19.2 Å². The summed E-state index contributed by atoms with van der Waals surface area (Å²) in [6.45, 7) is 1.86. The predicted octanol–water partition coefficient (Wildman–Crippen LogP) is -2.51. The molecular weight excluding hydrogens is 396 g/mol. The van der Waals surface area contributed by atoms with Crippen LogP contribution in [0.3, 0.4) is 0 Å². The number of aliphatic carboxylic acids is 1. The number of carbonyl (C=O) groups is 4. The van der Waals surface area contributed by atoms with Gasteiger partial charge in [-0.05, 0) is 19.4 Å². The molecule has 11 nitrogen and oxygen atoms in total. The Bertz CT molecular complexity index is 742. The largest absolute Gasteiger partial charge is 0.480 e. The third kappa shape index (κ3) is 7.78. The van der Waals surface area contributed by atoms with Crippen molar-refractivity contribution in [3.63, 3.8) is 0 Å². The number of hydrogen-bond acceptors (Lipinski definition) is 7. The predicted molar refractivity (Wildman–Crippen MR) is 106 cm³/mol. The van der Waals surface area contributed by atoms with Gasteiger partial charge in [0.05, 0.1) is 12.7 Å². The van der Waals surface area contributed by atoms with E-state index in [2.05, 4.69) is 16.0 Å². The van der Waals surface area contributed by atoms with Gasteiger partial charge in [0.15, 0.2) is 0 Å². The summed E-state index contributed by atoms with van der Waals surface area (Å²) in [5.41, 5.74) is 6.19. The molecule has 0 fully saturated rings. The SMILES string of the molecule is CC(NC(=O)C(NC(=O)C(Cc1ccccc1)NC(=O)C(N)CO)C(C)O)C(=O)O. The van der Waals surface area contributed by atoms with Crippen LogP contribution in [0.4, 0.5) is 0 Å². The molecule has 5 atom stereocenters. The summed E-state index contributed by atoms with van der Waals surface area (Å²) in [5.74, 6) is -3.75. The number of nitrogens with two attached hydrogens (primary N) is 1. The molecule has 1 aromatic rings. The van der Waals surface area contributed by atoms with E-state index < -0.39 is 60.6 Å². The Morgan fingerprint density at radius 1 is 0.967 bits per heavy atom. The van der Waals surface area contributed by atoms with E-state index in [0.717, 1.165) is 0 Å². The van der Waals surface area contributed by atoms with E-state index in [9.17, 15) is 24.3 Å². The van der Waals surface area contributed by atoms with Gasteiger partial charge in [-0.2, -0.15) is 0 Å². The molecule has 5 unspecified atom stereocenters. The summed E-state index contributed by atoms with van der Waals surface area (Å²) in [7, 11) is 0. The van der Waals surface area contributed by atoms with Crippen molar-refractivity contribution in [1.29, 1.82) is 0 Å². The van der Waals surface area contributed by atoms with E-state index in [4.69, 9.17) is 15.9 Å². The first-order valence-corrected chi connectivity index (χ1v) is 9.29. The third-order valence-electron chi connectivity index (χ3n) is 4.24. The first-order valence-electron chi connectivity index (χ1n) is 9.29. The van der Waals surface area contributed by atoms with Crippen LogP contribution < -0.4 is 21.7 Å². The first kappa shape index (κ1) is 25.0. The Balaban J connectivity index is 3.00. The molecule has 166 valence electrons. The van der Waals surface area contributed by atoms with Crippen molar-refractivity contribution in [2.75, 3.05) is 6.61 Å². The summed E-state index contributed by atoms with van der Waals surface area (Å²) in [6.07, 6.45) is -1.29. The fourth-order valence-electron chi connectivity index (χ4n) is 2.44. The van der Waals surface area contributed by atoms with Gasteiger partial charge in [0.2, 0.25) is 17.7 Å². The summed E-state index contributed by atoms with van der Waals surface area (Å²) in [5, 5.41) is 34.8. The highest BCUT2D eigenvalue weighted by atomic mass is 16.4. The van der Waals surface area contributed by atoms with Crippen molar-refractivity contribution < 1.29 is 34.5 Å². The van der Waals surface area contributed by atoms with E-state index >= 15 is 0 Å². The van der Waals surface area contributed by atoms with Gasteiger partial charge in [-0.25, -0.2) is 0 Å². The van der Waals surface area contributed by atoms with Crippen LogP contribution in [0.15, 0.2) is 30.3 Å². The summed E-state index contributed by atoms with van der Waals surface area (Å²) < 4.78 is 0. The molecule has 3 amide bonds. The average molecular weight is 424 g/mol. The van der Waals surface area contributed by atoms with Gasteiger partial charge < -0.3 is 37.0 Å². The maximum atomic E-state index is 12.8. The van der Waals surface area contributed by atoms with E-state index in [-0.39, 0.29) is 6.42 Å². The molecule has 0 aliphatic carbocycles. The molecule has 1 aromatic carbocycles. The Hall–Kier alpha value is -3.02. The highest BCUT2D eigenvalue weighted by molar-refractivity contribution is 5.94. The zero-order chi connectivity index (χ0) is 22.8. The highest BCUT2D eigenvalue weighted by Crippen LogP contribution is 2.05. The fraction of sp³-hybridized carbons (Fsp3) is 0.474. The van der Waals surface area contributed by atoms with E-state index in [1.165, 1.54) is 13.8 Å². The monoisotopic (exact) mass is 424 g/mol. The number of hydrogen-bond donors (Lipinski definition) is 7. The molecule has 0 aliphatic rings. The van der Waals surface area contributed by atoms with Crippen molar-refractivity contribution in [1.82, 2.24) is 16.0 Å². The first-order chi connectivity index (χ1) is 14.1. The second-order valence-corrected chi connectivity index (χ2v) is 6.84. The van der Waals surface area contributed by atoms with E-state index in [1.54, 1.807) is 30.3 Å². The minimum absolute atomic E-state index is 0.0518. The van der Waals surface area contributed by atoms with Gasteiger partial charge in [0, 0.05) is 6.42 Å². The quantitative estimate of drug-likeness (QED) is 0.202. The van der Waals surface area contributed by atoms with Crippen LogP contribution >= 0.6 is 0 Å². The number of amides is 3. The van der Waals surface area contributed by atoms with Crippen LogP contribution in [0.25, 0.3) is 0 Å². The van der Waals surface area contributed by atoms with Gasteiger partial charge >= 0.3 is 5.97 Å². The molecular formula is C19H28N4O7. The topological polar surface area (TPSA) is 191 Å². The van der Waals surface area contributed by atoms with E-state index in [1.807, 2.05) is 0 Å². The molecule has 0 heterocycles. The molecule has 0 spiro atoms. The van der Waals surface area contributed by atoms with Crippen molar-refractivity contribution >= 4 is 23.7 Å². The lowest BCUT2D eigenvalue weighted by molar-refractivity contribution is -0.142. The lowest BCUT2D eigenvalue weighted by atomic mass is 10.0. The number of carboxylic acid groups (broad SMARTS) is 1. The molecule has 0 bridgehead atoms. The minimum atomic E-state index is -1.46. The molecule has 11 heteroatoms. The summed E-state index contributed by atoms with van der Waals surface area (Å²) >= 11 is 0. The molecule has 0 radical (unpaired) electrons. The van der Waals surface area contributed by atoms with Crippen LogP contribution in [0.5, 0.6) is 0 Å². The number of nitrogens with one attached hydrogen (secondary N) is 3. The number of carbonyl (C=O) groups excluding carboxylic acids is 3. The van der Waals surface area contributed by atoms with Crippen molar-refractivity contribution in [3.05, 3.63) is 35.9 Å². The molecule has 0 aromatic heterocycles. The van der Waals surface area contributed by atoms with Gasteiger partial charge in [0.1, 0.15) is 24.2 Å². The standard InChI is InChI=1S/C19H28N4O7/c1-10(19(29)30)21-18(28)15(11(2)25)23-17(27)14(22-16(26)13(20)9-24)8-12-6-4-3-5-7-12/h3-7,10-11,13-15,24-25H,8-9,20H2,1-2H3,(H,21,28)(H,22,26)(H,23,27)(H,29,30). The number of benzene rings is 1. The van der Waals surface area contributed by atoms with E-state index in [0.29, 0.717) is 5.56 Å². The Morgan fingerprint density at radius 2 is 1.57 bits per heavy atom. The van der Waals surface area contributed by atoms with Crippen LogP contribution in [0.2, 0.25) is 0 Å². The third-order valence-corrected chi connectivity index (χ3v) is 4.24. The minimum Gasteiger partial charge on any atom is -0.480 e. The number of aliphatic hydroxyl groups is 2. The lowest BCUT2D eigenvalue weighted by Gasteiger charge is -2.26. The Labute approximate surface area is 173 Å². The smallest absolute Gasteiger partial charge is 0.325 e. The van der Waals surface area contributed by atoms with Crippen molar-refractivity contribution in [2.45, 2.75) is 50.5 Å². The van der Waals surface area contributed by atoms with Crippen molar-refractivity contribution in [3.8, 4) is 0 Å². The second-order valence-electron chi connectivity index (χ2n) is 6.84. The molecule has 0 saturated carbocycles. The molecule has 8 N–H and O–H groups in total. The Kier molecular flexibility index (Phi) is 9.89. The lowest BCUT2D eigenvalue weighted by Crippen LogP contribution is -2.60. The molecule has 0 saturated heterocycles. The molecule has 0 aliphatic heterocycles. The van der Waals surface area contributed by atoms with Crippen LogP contribution in [0.1, 0.15) is 19.4 Å². The maximum absolute atomic E-state index is 12.8. The fourth-order valence-corrected chi connectivity index (χ4v) is 2.44. The zero-order valence-corrected chi connectivity index (χ0v) is 16.7. The normalized spacial score (nSPS) is 15.8. The van der Waals surface area contributed by atoms with Gasteiger partial charge in [0.25, 0.3) is 0 Å². The van der Waals surface area contributed by atoms with Gasteiger partial charge in [-0.15, -0.1) is 0 Å². The Morgan fingerprint density at radius 3 is 2.07 bits per heavy atom. The maximum Gasteiger partial charge on any atom is 0.325 e. The van der Waals surface area contributed by atoms with Gasteiger partial charge in [-0.1, -0.05) is 30.3 Å². The zero-order valence-electron chi connectivity index (χ0n) is 16.7. The number of carboxylic acids is 1. The molecule has 30 heavy (non-hydrogen) atoms. The van der Waals surface area contributed by atoms with Crippen molar-refractivity contribution in [2.24, 2.45) is 5.73 Å². The average Bonchev–Trinajstić information content (AvgIpc) is 2.70. The molecule has 1 rings (SSSR count). The van der Waals surface area contributed by atoms with Crippen LogP contribution in [-0.4, -0.2) is 75.9 Å². The van der Waals surface area contributed by atoms with Crippen LogP contribution in [0, 0.1) is 0 Å².